The summed E-state index contributed by atoms with van der Waals surface area (Å²) < 4.78 is 0. The molecule has 0 aliphatic rings. The van der Waals surface area contributed by atoms with Crippen molar-refractivity contribution in [3.8, 4) is 0 Å². The van der Waals surface area contributed by atoms with Crippen LogP contribution in [0.4, 0.5) is 5.69 Å². The number of nitrogens with zero attached hydrogens (tertiary/aromatic N) is 1. The van der Waals surface area contributed by atoms with Gasteiger partial charge < -0.3 is 10.2 Å². The number of hydrogen-bond acceptors (Lipinski definition) is 2. The molecule has 1 unspecified atom stereocenters. The lowest BCUT2D eigenvalue weighted by Crippen LogP contribution is -2.43. The Morgan fingerprint density at radius 1 is 0.829 bits per heavy atom. The highest BCUT2D eigenvalue weighted by Gasteiger charge is 2.30. The number of amides is 2. The molecule has 0 saturated carbocycles. The summed E-state index contributed by atoms with van der Waals surface area (Å²) in [5, 5.41) is 3.02. The van der Waals surface area contributed by atoms with Crippen molar-refractivity contribution in [3.63, 3.8) is 0 Å². The van der Waals surface area contributed by atoms with Gasteiger partial charge in [0.05, 0.1) is 6.54 Å². The molecular formula is C31H36N2O2. The molecule has 0 spiro atoms. The van der Waals surface area contributed by atoms with E-state index in [1.165, 1.54) is 0 Å². The van der Waals surface area contributed by atoms with E-state index in [0.717, 1.165) is 48.1 Å². The molecule has 4 nitrogen and oxygen atoms in total. The molecule has 1 atom stereocenters. The largest absolute Gasteiger partial charge is 0.355 e. The third-order valence-electron chi connectivity index (χ3n) is 6.04. The molecule has 1 N–H and O–H groups in total. The number of anilines is 1. The molecule has 0 aliphatic carbocycles. The SMILES string of the molecule is CCCCCCNC(=O)C(/C=C(\C)c1ccccc1)C(=O)N(Cc1ccccc1)c1ccccc1. The number of rotatable bonds is 12. The Morgan fingerprint density at radius 2 is 1.43 bits per heavy atom. The molecule has 0 bridgehead atoms. The summed E-state index contributed by atoms with van der Waals surface area (Å²) in [6.45, 7) is 5.08. The van der Waals surface area contributed by atoms with Crippen LogP contribution >= 0.6 is 0 Å². The molecule has 3 rings (SSSR count). The molecule has 4 heteroatoms. The molecule has 182 valence electrons. The first-order valence-corrected chi connectivity index (χ1v) is 12.5. The maximum atomic E-state index is 14.0. The van der Waals surface area contributed by atoms with E-state index in [0.29, 0.717) is 13.1 Å². The molecule has 0 radical (unpaired) electrons. The van der Waals surface area contributed by atoms with Gasteiger partial charge in [-0.1, -0.05) is 111 Å². The van der Waals surface area contributed by atoms with Crippen molar-refractivity contribution >= 4 is 23.1 Å². The van der Waals surface area contributed by atoms with Gasteiger partial charge in [0, 0.05) is 12.2 Å². The normalized spacial score (nSPS) is 12.1. The quantitative estimate of drug-likeness (QED) is 0.239. The van der Waals surface area contributed by atoms with Gasteiger partial charge in [-0.05, 0) is 42.2 Å². The van der Waals surface area contributed by atoms with Crippen LogP contribution in [0.5, 0.6) is 0 Å². The zero-order valence-corrected chi connectivity index (χ0v) is 20.8. The number of nitrogens with one attached hydrogen (secondary N) is 1. The molecule has 2 amide bonds. The summed E-state index contributed by atoms with van der Waals surface area (Å²) in [4.78, 5) is 29.1. The van der Waals surface area contributed by atoms with Gasteiger partial charge in [0.25, 0.3) is 0 Å². The van der Waals surface area contributed by atoms with Gasteiger partial charge in [-0.2, -0.15) is 0 Å². The van der Waals surface area contributed by atoms with Gasteiger partial charge in [0.15, 0.2) is 0 Å². The Kier molecular flexibility index (Phi) is 10.3. The second kappa shape index (κ2) is 13.9. The molecule has 0 aromatic heterocycles. The van der Waals surface area contributed by atoms with Crippen molar-refractivity contribution in [2.24, 2.45) is 5.92 Å². The van der Waals surface area contributed by atoms with Crippen molar-refractivity contribution in [2.75, 3.05) is 11.4 Å². The van der Waals surface area contributed by atoms with E-state index >= 15 is 0 Å². The van der Waals surface area contributed by atoms with Crippen LogP contribution in [-0.2, 0) is 16.1 Å². The van der Waals surface area contributed by atoms with E-state index in [4.69, 9.17) is 0 Å². The van der Waals surface area contributed by atoms with Crippen LogP contribution < -0.4 is 10.2 Å². The lowest BCUT2D eigenvalue weighted by molar-refractivity contribution is -0.131. The maximum absolute atomic E-state index is 14.0. The minimum Gasteiger partial charge on any atom is -0.355 e. The number of benzene rings is 3. The fourth-order valence-electron chi connectivity index (χ4n) is 4.02. The Hall–Kier alpha value is -3.66. The van der Waals surface area contributed by atoms with Crippen molar-refractivity contribution in [1.29, 1.82) is 0 Å². The number of para-hydroxylation sites is 1. The van der Waals surface area contributed by atoms with Gasteiger partial charge in [0.2, 0.25) is 11.8 Å². The maximum Gasteiger partial charge on any atom is 0.243 e. The predicted octanol–water partition coefficient (Wildman–Crippen LogP) is 6.64. The molecule has 35 heavy (non-hydrogen) atoms. The lowest BCUT2D eigenvalue weighted by Gasteiger charge is -2.26. The lowest BCUT2D eigenvalue weighted by atomic mass is 9.98. The van der Waals surface area contributed by atoms with Gasteiger partial charge in [0.1, 0.15) is 5.92 Å². The number of allylic oxidation sites excluding steroid dienone is 1. The predicted molar refractivity (Wildman–Crippen MR) is 145 cm³/mol. The summed E-state index contributed by atoms with van der Waals surface area (Å²) in [5.41, 5.74) is 3.67. The third-order valence-corrected chi connectivity index (χ3v) is 6.04. The molecule has 3 aromatic rings. The average molecular weight is 469 g/mol. The monoisotopic (exact) mass is 468 g/mol. The first-order valence-electron chi connectivity index (χ1n) is 12.5. The van der Waals surface area contributed by atoms with E-state index in [-0.39, 0.29) is 11.8 Å². The average Bonchev–Trinajstić information content (AvgIpc) is 2.91. The highest BCUT2D eigenvalue weighted by molar-refractivity contribution is 6.10. The first kappa shape index (κ1) is 26.0. The van der Waals surface area contributed by atoms with E-state index in [2.05, 4.69) is 12.2 Å². The highest BCUT2D eigenvalue weighted by atomic mass is 16.2. The fraction of sp³-hybridized carbons (Fsp3) is 0.290. The number of unbranched alkanes of at least 4 members (excludes halogenated alkanes) is 3. The Balaban J connectivity index is 1.91. The van der Waals surface area contributed by atoms with Gasteiger partial charge >= 0.3 is 0 Å². The minimum atomic E-state index is -0.926. The third kappa shape index (κ3) is 7.96. The van der Waals surface area contributed by atoms with Crippen molar-refractivity contribution in [3.05, 3.63) is 108 Å². The van der Waals surface area contributed by atoms with Crippen LogP contribution in [0.25, 0.3) is 5.57 Å². The summed E-state index contributed by atoms with van der Waals surface area (Å²) in [7, 11) is 0. The number of carbonyl (C=O) groups is 2. The van der Waals surface area contributed by atoms with Gasteiger partial charge in [-0.3, -0.25) is 9.59 Å². The standard InChI is InChI=1S/C31H36N2O2/c1-3-4-5-15-22-32-30(34)29(23-25(2)27-18-11-7-12-19-27)31(35)33(28-20-13-8-14-21-28)24-26-16-9-6-10-17-26/h6-14,16-21,23,29H,3-5,15,22,24H2,1-2H3,(H,32,34)/b25-23+. The second-order valence-corrected chi connectivity index (χ2v) is 8.79. The van der Waals surface area contributed by atoms with Crippen molar-refractivity contribution < 1.29 is 9.59 Å². The van der Waals surface area contributed by atoms with Crippen molar-refractivity contribution in [2.45, 2.75) is 46.1 Å². The van der Waals surface area contributed by atoms with Crippen LogP contribution in [0, 0.1) is 5.92 Å². The van der Waals surface area contributed by atoms with Crippen LogP contribution in [0.1, 0.15) is 50.7 Å². The fourth-order valence-corrected chi connectivity index (χ4v) is 4.02. The second-order valence-electron chi connectivity index (χ2n) is 8.79. The van der Waals surface area contributed by atoms with E-state index in [1.807, 2.05) is 97.9 Å². The Labute approximate surface area is 209 Å². The Morgan fingerprint density at radius 3 is 2.06 bits per heavy atom. The van der Waals surface area contributed by atoms with Crippen molar-refractivity contribution in [1.82, 2.24) is 5.32 Å². The van der Waals surface area contributed by atoms with E-state index in [9.17, 15) is 9.59 Å². The Bertz CT molecular complexity index is 1080. The minimum absolute atomic E-state index is 0.235. The van der Waals surface area contributed by atoms with Crippen LogP contribution in [0.3, 0.4) is 0 Å². The summed E-state index contributed by atoms with van der Waals surface area (Å²) >= 11 is 0. The highest BCUT2D eigenvalue weighted by Crippen LogP contribution is 2.23. The molecule has 0 heterocycles. The molecule has 0 aliphatic heterocycles. The van der Waals surface area contributed by atoms with Gasteiger partial charge in [-0.15, -0.1) is 0 Å². The van der Waals surface area contributed by atoms with Crippen LogP contribution in [0.15, 0.2) is 97.1 Å². The zero-order valence-electron chi connectivity index (χ0n) is 20.8. The summed E-state index contributed by atoms with van der Waals surface area (Å²) in [6.07, 6.45) is 6.07. The number of hydrogen-bond donors (Lipinski definition) is 1. The zero-order chi connectivity index (χ0) is 24.9. The molecular weight excluding hydrogens is 432 g/mol. The van der Waals surface area contributed by atoms with E-state index < -0.39 is 5.92 Å². The van der Waals surface area contributed by atoms with E-state index in [1.54, 1.807) is 11.0 Å². The van der Waals surface area contributed by atoms with Crippen LogP contribution in [0.2, 0.25) is 0 Å². The number of carbonyl (C=O) groups excluding carboxylic acids is 2. The van der Waals surface area contributed by atoms with Crippen LogP contribution in [-0.4, -0.2) is 18.4 Å². The topological polar surface area (TPSA) is 49.4 Å². The molecule has 3 aromatic carbocycles. The van der Waals surface area contributed by atoms with Gasteiger partial charge in [-0.25, -0.2) is 0 Å². The summed E-state index contributed by atoms with van der Waals surface area (Å²) in [6, 6.07) is 29.3. The smallest absolute Gasteiger partial charge is 0.243 e. The molecule has 0 saturated heterocycles. The molecule has 0 fully saturated rings. The summed E-state index contributed by atoms with van der Waals surface area (Å²) in [5.74, 6) is -1.41. The first-order chi connectivity index (χ1) is 17.1.